The Labute approximate surface area is 249 Å². The molecule has 0 bridgehead atoms. The van der Waals surface area contributed by atoms with Crippen molar-refractivity contribution < 1.29 is 9.53 Å². The molecule has 10 nitrogen and oxygen atoms in total. The van der Waals surface area contributed by atoms with Crippen LogP contribution in [0.3, 0.4) is 0 Å². The van der Waals surface area contributed by atoms with E-state index in [9.17, 15) is 9.59 Å². The molecule has 1 unspecified atom stereocenters. The third kappa shape index (κ3) is 6.16. The number of carbonyl (C=O) groups is 1. The first-order chi connectivity index (χ1) is 20.5. The molecular weight excluding hydrogens is 554 g/mol. The lowest BCUT2D eigenvalue weighted by molar-refractivity contribution is -0.121. The number of anilines is 1. The zero-order chi connectivity index (χ0) is 29.1. The Morgan fingerprint density at radius 2 is 1.95 bits per heavy atom. The van der Waals surface area contributed by atoms with Crippen molar-refractivity contribution in [1.82, 2.24) is 29.7 Å². The third-order valence-corrected chi connectivity index (χ3v) is 8.46. The molecule has 218 valence electrons. The van der Waals surface area contributed by atoms with E-state index in [4.69, 9.17) is 21.3 Å². The average Bonchev–Trinajstić information content (AvgIpc) is 3.43. The summed E-state index contributed by atoms with van der Waals surface area (Å²) in [6, 6.07) is 11.6. The van der Waals surface area contributed by atoms with Gasteiger partial charge in [0.1, 0.15) is 12.2 Å². The molecular formula is C31H34ClN7O3. The molecule has 1 atom stereocenters. The van der Waals surface area contributed by atoms with Crippen LogP contribution >= 0.6 is 11.6 Å². The lowest BCUT2D eigenvalue weighted by atomic mass is 10.0. The number of aromatic nitrogens is 4. The number of amides is 1. The highest BCUT2D eigenvalue weighted by molar-refractivity contribution is 6.33. The standard InChI is InChI=1S/C31H34ClN7O3/c1-38-11-3-5-24(38)18-34-28(40)19-39-29-22(17-35-31(37-29)36-23-8-12-42-13-9-23)14-26(30(39)41)25-7-6-20(15-27(25)32)21-4-2-10-33-16-21/h2,4,6-7,10,14-17,23-24H,3,5,8-9,11-13,18-19H2,1H3,(H,34,40)(H,35,36,37). The van der Waals surface area contributed by atoms with Crippen molar-refractivity contribution in [3.63, 3.8) is 0 Å². The van der Waals surface area contributed by atoms with Crippen molar-refractivity contribution in [3.8, 4) is 22.3 Å². The topological polar surface area (TPSA) is 114 Å². The first-order valence-electron chi connectivity index (χ1n) is 14.4. The van der Waals surface area contributed by atoms with Crippen LogP contribution < -0.4 is 16.2 Å². The smallest absolute Gasteiger partial charge is 0.260 e. The zero-order valence-corrected chi connectivity index (χ0v) is 24.3. The predicted molar refractivity (Wildman–Crippen MR) is 164 cm³/mol. The number of ether oxygens (including phenoxy) is 1. The van der Waals surface area contributed by atoms with Gasteiger partial charge in [-0.25, -0.2) is 4.98 Å². The third-order valence-electron chi connectivity index (χ3n) is 8.14. The fraction of sp³-hybridized carbons (Fsp3) is 0.387. The monoisotopic (exact) mass is 587 g/mol. The maximum absolute atomic E-state index is 14.0. The minimum Gasteiger partial charge on any atom is -0.381 e. The molecule has 6 rings (SSSR count). The van der Waals surface area contributed by atoms with Gasteiger partial charge in [0.05, 0.1) is 0 Å². The van der Waals surface area contributed by atoms with Crippen LogP contribution in [0.15, 0.2) is 59.8 Å². The fourth-order valence-corrected chi connectivity index (χ4v) is 5.99. The van der Waals surface area contributed by atoms with Gasteiger partial charge in [-0.1, -0.05) is 29.8 Å². The van der Waals surface area contributed by atoms with Crippen LogP contribution in [-0.4, -0.2) is 75.8 Å². The van der Waals surface area contributed by atoms with Crippen LogP contribution in [0.5, 0.6) is 0 Å². The number of pyridine rings is 2. The first-order valence-corrected chi connectivity index (χ1v) is 14.8. The van der Waals surface area contributed by atoms with E-state index in [0.29, 0.717) is 58.9 Å². The number of nitrogens with zero attached hydrogens (tertiary/aromatic N) is 5. The molecule has 1 aromatic carbocycles. The molecule has 5 heterocycles. The van der Waals surface area contributed by atoms with E-state index in [1.54, 1.807) is 24.7 Å². The van der Waals surface area contributed by atoms with Gasteiger partial charge in [-0.2, -0.15) is 4.98 Å². The molecule has 2 N–H and O–H groups in total. The Hall–Kier alpha value is -3.86. The number of hydrogen-bond acceptors (Lipinski definition) is 8. The molecule has 0 spiro atoms. The summed E-state index contributed by atoms with van der Waals surface area (Å²) in [5.74, 6) is 0.175. The van der Waals surface area contributed by atoms with Crippen molar-refractivity contribution >= 4 is 34.5 Å². The van der Waals surface area contributed by atoms with E-state index >= 15 is 0 Å². The number of likely N-dealkylation sites (tertiary alicyclic amines) is 1. The molecule has 1 amide bonds. The molecule has 3 aromatic heterocycles. The number of fused-ring (bicyclic) bond motifs is 1. The maximum atomic E-state index is 14.0. The summed E-state index contributed by atoms with van der Waals surface area (Å²) in [5.41, 5.74) is 2.81. The normalized spacial score (nSPS) is 17.9. The number of likely N-dealkylation sites (N-methyl/N-ethyl adjacent to an activating group) is 1. The summed E-state index contributed by atoms with van der Waals surface area (Å²) in [6.45, 7) is 2.74. The van der Waals surface area contributed by atoms with Crippen molar-refractivity contribution in [3.05, 3.63) is 70.4 Å². The largest absolute Gasteiger partial charge is 0.381 e. The minimum absolute atomic E-state index is 0.168. The Kier molecular flexibility index (Phi) is 8.46. The Morgan fingerprint density at radius 1 is 1.10 bits per heavy atom. The molecule has 2 aliphatic heterocycles. The fourth-order valence-electron chi connectivity index (χ4n) is 5.71. The number of rotatable bonds is 8. The van der Waals surface area contributed by atoms with Crippen LogP contribution in [0, 0.1) is 0 Å². The van der Waals surface area contributed by atoms with E-state index in [-0.39, 0.29) is 24.1 Å². The van der Waals surface area contributed by atoms with E-state index < -0.39 is 0 Å². The number of carbonyl (C=O) groups excluding carboxylic acids is 1. The highest BCUT2D eigenvalue weighted by atomic mass is 35.5. The lowest BCUT2D eigenvalue weighted by Crippen LogP contribution is -2.40. The van der Waals surface area contributed by atoms with Gasteiger partial charge in [0.2, 0.25) is 11.9 Å². The molecule has 0 aliphatic carbocycles. The molecule has 42 heavy (non-hydrogen) atoms. The Balaban J connectivity index is 1.36. The van der Waals surface area contributed by atoms with Crippen LogP contribution in [0.4, 0.5) is 5.95 Å². The second-order valence-corrected chi connectivity index (χ2v) is 11.4. The van der Waals surface area contributed by atoms with Crippen molar-refractivity contribution in [2.45, 2.75) is 44.3 Å². The van der Waals surface area contributed by atoms with Gasteiger partial charge >= 0.3 is 0 Å². The Morgan fingerprint density at radius 3 is 2.69 bits per heavy atom. The second kappa shape index (κ2) is 12.6. The summed E-state index contributed by atoms with van der Waals surface area (Å²) in [5, 5.41) is 7.45. The number of halogens is 1. The van der Waals surface area contributed by atoms with Gasteiger partial charge in [-0.3, -0.25) is 19.1 Å². The van der Waals surface area contributed by atoms with Crippen LogP contribution in [0.25, 0.3) is 33.3 Å². The highest BCUT2D eigenvalue weighted by Gasteiger charge is 2.23. The van der Waals surface area contributed by atoms with Crippen molar-refractivity contribution in [2.24, 2.45) is 0 Å². The zero-order valence-electron chi connectivity index (χ0n) is 23.6. The van der Waals surface area contributed by atoms with Crippen molar-refractivity contribution in [1.29, 1.82) is 0 Å². The quantitative estimate of drug-likeness (QED) is 0.318. The van der Waals surface area contributed by atoms with Gasteiger partial charge in [-0.05, 0) is 63.0 Å². The number of benzene rings is 1. The van der Waals surface area contributed by atoms with Gasteiger partial charge in [0, 0.05) is 77.5 Å². The summed E-state index contributed by atoms with van der Waals surface area (Å²) >= 11 is 6.76. The first kappa shape index (κ1) is 28.3. The summed E-state index contributed by atoms with van der Waals surface area (Å²) < 4.78 is 6.89. The maximum Gasteiger partial charge on any atom is 0.260 e. The number of nitrogens with one attached hydrogen (secondary N) is 2. The minimum atomic E-state index is -0.345. The SMILES string of the molecule is CN1CCCC1CNC(=O)Cn1c(=O)c(-c2ccc(-c3cccnc3)cc2Cl)cc2cnc(NC3CCOCC3)nc21. The van der Waals surface area contributed by atoms with Crippen molar-refractivity contribution in [2.75, 3.05) is 38.7 Å². The van der Waals surface area contributed by atoms with Gasteiger partial charge in [0.15, 0.2) is 0 Å². The lowest BCUT2D eigenvalue weighted by Gasteiger charge is -2.23. The second-order valence-electron chi connectivity index (χ2n) is 11.0. The summed E-state index contributed by atoms with van der Waals surface area (Å²) in [6.07, 6.45) is 9.01. The molecule has 2 aliphatic rings. The van der Waals surface area contributed by atoms with Crippen LogP contribution in [0.1, 0.15) is 25.7 Å². The highest BCUT2D eigenvalue weighted by Crippen LogP contribution is 2.32. The van der Waals surface area contributed by atoms with Gasteiger partial charge in [0.25, 0.3) is 5.56 Å². The molecule has 2 fully saturated rings. The van der Waals surface area contributed by atoms with E-state index in [1.165, 1.54) is 4.57 Å². The van der Waals surface area contributed by atoms with E-state index in [1.807, 2.05) is 30.3 Å². The molecule has 11 heteroatoms. The van der Waals surface area contributed by atoms with Crippen LogP contribution in [0.2, 0.25) is 5.02 Å². The molecule has 0 saturated carbocycles. The molecule has 0 radical (unpaired) electrons. The summed E-state index contributed by atoms with van der Waals surface area (Å²) in [7, 11) is 2.07. The number of hydrogen-bond donors (Lipinski definition) is 2. The molecule has 2 saturated heterocycles. The molecule has 4 aromatic rings. The van der Waals surface area contributed by atoms with Crippen LogP contribution in [-0.2, 0) is 16.1 Å². The van der Waals surface area contributed by atoms with E-state index in [2.05, 4.69) is 32.5 Å². The Bertz CT molecular complexity index is 1640. The van der Waals surface area contributed by atoms with Gasteiger partial charge in [-0.15, -0.1) is 0 Å². The summed E-state index contributed by atoms with van der Waals surface area (Å²) in [4.78, 5) is 42.9. The van der Waals surface area contributed by atoms with E-state index in [0.717, 1.165) is 43.4 Å². The average molecular weight is 588 g/mol. The predicted octanol–water partition coefficient (Wildman–Crippen LogP) is 3.98. The van der Waals surface area contributed by atoms with Gasteiger partial charge < -0.3 is 20.3 Å².